The second-order valence-corrected chi connectivity index (χ2v) is 2.90. The third-order valence-electron chi connectivity index (χ3n) is 2.08. The molecular weight excluding hydrogens is 188 g/mol. The van der Waals surface area contributed by atoms with E-state index in [0.29, 0.717) is 0 Å². The zero-order valence-corrected chi connectivity index (χ0v) is 7.02. The van der Waals surface area contributed by atoms with Gasteiger partial charge < -0.3 is 7.85 Å². The Kier molecular flexibility index (Phi) is 1.99. The molecule has 3 radical (unpaired) electrons. The van der Waals surface area contributed by atoms with E-state index in [1.165, 1.54) is 18.2 Å². The zero-order chi connectivity index (χ0) is 10.3. The van der Waals surface area contributed by atoms with Crippen LogP contribution in [0.15, 0.2) is 24.3 Å². The lowest BCUT2D eigenvalue weighted by molar-refractivity contribution is 0.457. The van der Waals surface area contributed by atoms with Gasteiger partial charge in [-0.05, 0) is 0 Å². The summed E-state index contributed by atoms with van der Waals surface area (Å²) in [6, 6.07) is 5.90. The molecule has 0 aliphatic heterocycles. The van der Waals surface area contributed by atoms with Gasteiger partial charge in [0.05, 0.1) is 0 Å². The van der Waals surface area contributed by atoms with Gasteiger partial charge in [0, 0.05) is 5.39 Å². The van der Waals surface area contributed by atoms with Crippen molar-refractivity contribution in [2.75, 3.05) is 0 Å². The van der Waals surface area contributed by atoms with Crippen LogP contribution in [-0.2, 0) is 0 Å². The van der Waals surface area contributed by atoms with Gasteiger partial charge in [-0.1, -0.05) is 29.7 Å². The molecule has 0 spiro atoms. The van der Waals surface area contributed by atoms with Gasteiger partial charge in [-0.25, -0.2) is 13.2 Å². The standard InChI is InChI=1S/C10H4BF3/c11-7-5-3-1-2-4-6(5)8(12)10(14)9(7)13/h1-4H/q-1. The Morgan fingerprint density at radius 3 is 2.00 bits per heavy atom. The van der Waals surface area contributed by atoms with Crippen LogP contribution < -0.4 is 5.46 Å². The SMILES string of the molecule is [B-]c1c(F)c(F)c(F)c2ccccc12. The van der Waals surface area contributed by atoms with Crippen LogP contribution >= 0.6 is 0 Å². The Morgan fingerprint density at radius 2 is 1.36 bits per heavy atom. The van der Waals surface area contributed by atoms with Gasteiger partial charge in [0.2, 0.25) is 0 Å². The van der Waals surface area contributed by atoms with Gasteiger partial charge in [-0.15, -0.1) is 0 Å². The van der Waals surface area contributed by atoms with Gasteiger partial charge in [-0.3, -0.25) is 5.46 Å². The predicted molar refractivity (Wildman–Crippen MR) is 49.2 cm³/mol. The van der Waals surface area contributed by atoms with E-state index >= 15 is 0 Å². The fourth-order valence-corrected chi connectivity index (χ4v) is 1.36. The van der Waals surface area contributed by atoms with Crippen molar-refractivity contribution in [3.63, 3.8) is 0 Å². The molecule has 0 fully saturated rings. The minimum Gasteiger partial charge on any atom is -0.576 e. The molecule has 0 N–H and O–H groups in total. The van der Waals surface area contributed by atoms with E-state index in [1.807, 2.05) is 0 Å². The highest BCUT2D eigenvalue weighted by Gasteiger charge is 2.11. The molecular formula is C10H4BF3-. The van der Waals surface area contributed by atoms with Crippen LogP contribution in [0.4, 0.5) is 13.2 Å². The normalized spacial score (nSPS) is 10.9. The van der Waals surface area contributed by atoms with E-state index in [1.54, 1.807) is 6.07 Å². The molecule has 0 saturated carbocycles. The maximum absolute atomic E-state index is 13.2. The Labute approximate surface area is 79.8 Å². The molecule has 0 aliphatic rings. The highest BCUT2D eigenvalue weighted by molar-refractivity contribution is 6.39. The first-order valence-corrected chi connectivity index (χ1v) is 3.93. The Bertz CT molecular complexity index is 462. The molecule has 69 valence electrons. The summed E-state index contributed by atoms with van der Waals surface area (Å²) in [6.45, 7) is 0. The number of halogens is 3. The van der Waals surface area contributed by atoms with E-state index in [2.05, 4.69) is 0 Å². The molecule has 0 saturated heterocycles. The summed E-state index contributed by atoms with van der Waals surface area (Å²) < 4.78 is 39.0. The summed E-state index contributed by atoms with van der Waals surface area (Å²) in [7, 11) is 5.31. The average molecular weight is 192 g/mol. The van der Waals surface area contributed by atoms with Crippen LogP contribution in [0.5, 0.6) is 0 Å². The number of rotatable bonds is 0. The van der Waals surface area contributed by atoms with E-state index in [4.69, 9.17) is 7.85 Å². The van der Waals surface area contributed by atoms with E-state index in [9.17, 15) is 13.2 Å². The van der Waals surface area contributed by atoms with Crippen LogP contribution in [0.3, 0.4) is 0 Å². The van der Waals surface area contributed by atoms with Crippen molar-refractivity contribution in [2.45, 2.75) is 0 Å². The Balaban J connectivity index is 3.02. The van der Waals surface area contributed by atoms with Gasteiger partial charge >= 0.3 is 0 Å². The molecule has 2 aromatic rings. The van der Waals surface area contributed by atoms with Crippen LogP contribution in [-0.4, -0.2) is 7.85 Å². The number of hydrogen-bond donors (Lipinski definition) is 0. The number of benzene rings is 2. The summed E-state index contributed by atoms with van der Waals surface area (Å²) in [4.78, 5) is 0. The summed E-state index contributed by atoms with van der Waals surface area (Å²) in [5.41, 5.74) is -0.362. The first-order chi connectivity index (χ1) is 6.63. The molecule has 0 atom stereocenters. The minimum absolute atomic E-state index is 0.0103. The topological polar surface area (TPSA) is 0 Å². The summed E-state index contributed by atoms with van der Waals surface area (Å²) in [5.74, 6) is -4.06. The lowest BCUT2D eigenvalue weighted by atomic mass is 9.89. The maximum atomic E-state index is 13.2. The lowest BCUT2D eigenvalue weighted by Crippen LogP contribution is -2.14. The van der Waals surface area contributed by atoms with Gasteiger partial charge in [0.25, 0.3) is 0 Å². The molecule has 0 aliphatic carbocycles. The smallest absolute Gasteiger partial charge is 0.191 e. The summed E-state index contributed by atoms with van der Waals surface area (Å²) in [6.07, 6.45) is 0. The second-order valence-electron chi connectivity index (χ2n) is 2.90. The van der Waals surface area contributed by atoms with Gasteiger partial charge in [0.15, 0.2) is 11.6 Å². The number of hydrogen-bond acceptors (Lipinski definition) is 0. The van der Waals surface area contributed by atoms with Crippen molar-refractivity contribution < 1.29 is 13.2 Å². The minimum atomic E-state index is -1.53. The summed E-state index contributed by atoms with van der Waals surface area (Å²) in [5, 5.41) is 0.174. The van der Waals surface area contributed by atoms with Crippen LogP contribution in [0.1, 0.15) is 0 Å². The van der Waals surface area contributed by atoms with Gasteiger partial charge in [0.1, 0.15) is 5.82 Å². The van der Waals surface area contributed by atoms with Crippen molar-refractivity contribution in [3.05, 3.63) is 41.7 Å². The van der Waals surface area contributed by atoms with E-state index < -0.39 is 17.5 Å². The van der Waals surface area contributed by atoms with Crippen molar-refractivity contribution in [2.24, 2.45) is 0 Å². The van der Waals surface area contributed by atoms with Gasteiger partial charge in [-0.2, -0.15) is 0 Å². The van der Waals surface area contributed by atoms with Crippen molar-refractivity contribution in [1.82, 2.24) is 0 Å². The Hall–Kier alpha value is -1.45. The molecule has 2 rings (SSSR count). The molecule has 0 nitrogen and oxygen atoms in total. The molecule has 0 aromatic heterocycles. The quantitative estimate of drug-likeness (QED) is 0.442. The molecule has 0 bridgehead atoms. The molecule has 14 heavy (non-hydrogen) atoms. The monoisotopic (exact) mass is 192 g/mol. The highest BCUT2D eigenvalue weighted by Crippen LogP contribution is 2.20. The molecule has 4 heteroatoms. The predicted octanol–water partition coefficient (Wildman–Crippen LogP) is 2.05. The zero-order valence-electron chi connectivity index (χ0n) is 7.02. The van der Waals surface area contributed by atoms with E-state index in [0.717, 1.165) is 0 Å². The molecule has 0 heterocycles. The van der Waals surface area contributed by atoms with Crippen molar-refractivity contribution in [3.8, 4) is 0 Å². The van der Waals surface area contributed by atoms with E-state index in [-0.39, 0.29) is 16.2 Å². The van der Waals surface area contributed by atoms with Crippen molar-refractivity contribution >= 4 is 24.1 Å². The second kappa shape index (κ2) is 3.05. The third-order valence-corrected chi connectivity index (χ3v) is 2.08. The average Bonchev–Trinajstić information content (AvgIpc) is 2.23. The molecule has 0 unspecified atom stereocenters. The summed E-state index contributed by atoms with van der Waals surface area (Å²) >= 11 is 0. The first-order valence-electron chi connectivity index (χ1n) is 3.93. The van der Waals surface area contributed by atoms with Crippen LogP contribution in [0.2, 0.25) is 0 Å². The Morgan fingerprint density at radius 1 is 0.786 bits per heavy atom. The molecule has 2 aromatic carbocycles. The van der Waals surface area contributed by atoms with Crippen LogP contribution in [0.25, 0.3) is 10.8 Å². The maximum Gasteiger partial charge on any atom is 0.191 e. The van der Waals surface area contributed by atoms with Crippen LogP contribution in [0, 0.1) is 17.5 Å². The molecule has 0 amide bonds. The fraction of sp³-hybridized carbons (Fsp3) is 0. The largest absolute Gasteiger partial charge is 0.576 e. The fourth-order valence-electron chi connectivity index (χ4n) is 1.36. The lowest BCUT2D eigenvalue weighted by Gasteiger charge is -2.15. The van der Waals surface area contributed by atoms with Crippen molar-refractivity contribution in [1.29, 1.82) is 0 Å². The number of fused-ring (bicyclic) bond motifs is 1. The third kappa shape index (κ3) is 1.10. The first kappa shape index (κ1) is 9.12. The highest BCUT2D eigenvalue weighted by atomic mass is 19.2.